The van der Waals surface area contributed by atoms with E-state index in [2.05, 4.69) is 10.4 Å². The second kappa shape index (κ2) is 8.21. The van der Waals surface area contributed by atoms with Crippen LogP contribution in [0.5, 0.6) is 5.75 Å². The first-order valence-electron chi connectivity index (χ1n) is 9.70. The smallest absolute Gasteiger partial charge is 0.321 e. The summed E-state index contributed by atoms with van der Waals surface area (Å²) < 4.78 is 7.91. The van der Waals surface area contributed by atoms with Crippen molar-refractivity contribution in [2.45, 2.75) is 50.7 Å². The first kappa shape index (κ1) is 18.2. The Morgan fingerprint density at radius 3 is 2.81 bits per heavy atom. The number of aromatic nitrogens is 2. The number of urea groups is 1. The van der Waals surface area contributed by atoms with Crippen LogP contribution in [0.1, 0.15) is 44.6 Å². The molecular formula is C20H25ClN4O2. The zero-order valence-corrected chi connectivity index (χ0v) is 16.1. The molecule has 1 N–H and O–H groups in total. The molecule has 2 fully saturated rings. The van der Waals surface area contributed by atoms with Crippen molar-refractivity contribution in [1.29, 1.82) is 0 Å². The Labute approximate surface area is 164 Å². The van der Waals surface area contributed by atoms with Crippen molar-refractivity contribution in [3.8, 4) is 5.75 Å². The van der Waals surface area contributed by atoms with Gasteiger partial charge in [0.2, 0.25) is 0 Å². The third-order valence-corrected chi connectivity index (χ3v) is 5.66. The van der Waals surface area contributed by atoms with Crippen LogP contribution in [0, 0.1) is 0 Å². The number of nitrogens with one attached hydrogen (secondary N) is 1. The molecule has 2 aliphatic rings. The maximum Gasteiger partial charge on any atom is 0.321 e. The second-order valence-corrected chi connectivity index (χ2v) is 7.74. The van der Waals surface area contributed by atoms with E-state index in [-0.39, 0.29) is 18.2 Å². The van der Waals surface area contributed by atoms with Crippen LogP contribution in [0.15, 0.2) is 36.7 Å². The summed E-state index contributed by atoms with van der Waals surface area (Å²) in [5, 5.41) is 7.80. The van der Waals surface area contributed by atoms with E-state index in [4.69, 9.17) is 16.3 Å². The standard InChI is InChI=1S/C20H25ClN4O2/c21-18-13-15(8-9-19(18)27-17-6-1-2-7-17)23-20(26)24-11-3-5-16(14-24)25-12-4-10-22-25/h4,8-10,12-13,16-17H,1-3,5-7,11,14H2,(H,23,26). The Morgan fingerprint density at radius 1 is 1.22 bits per heavy atom. The van der Waals surface area contributed by atoms with Crippen molar-refractivity contribution in [3.63, 3.8) is 0 Å². The molecule has 0 radical (unpaired) electrons. The molecule has 144 valence electrons. The number of piperidine rings is 1. The van der Waals surface area contributed by atoms with Crippen LogP contribution >= 0.6 is 11.6 Å². The molecule has 1 aromatic heterocycles. The predicted octanol–water partition coefficient (Wildman–Crippen LogP) is 4.73. The van der Waals surface area contributed by atoms with Crippen molar-refractivity contribution in [1.82, 2.24) is 14.7 Å². The molecule has 1 atom stereocenters. The fraction of sp³-hybridized carbons (Fsp3) is 0.500. The Morgan fingerprint density at radius 2 is 2.07 bits per heavy atom. The molecule has 0 spiro atoms. The number of ether oxygens (including phenoxy) is 1. The Balaban J connectivity index is 1.36. The number of anilines is 1. The van der Waals surface area contributed by atoms with Crippen molar-refractivity contribution in [2.24, 2.45) is 0 Å². The van der Waals surface area contributed by atoms with E-state index < -0.39 is 0 Å². The first-order chi connectivity index (χ1) is 13.2. The average molecular weight is 389 g/mol. The van der Waals surface area contributed by atoms with Gasteiger partial charge in [0.25, 0.3) is 0 Å². The number of hydrogen-bond acceptors (Lipinski definition) is 3. The molecule has 2 amide bonds. The molecule has 1 unspecified atom stereocenters. The third-order valence-electron chi connectivity index (χ3n) is 5.36. The average Bonchev–Trinajstić information content (AvgIpc) is 3.38. The summed E-state index contributed by atoms with van der Waals surface area (Å²) in [4.78, 5) is 14.5. The highest BCUT2D eigenvalue weighted by atomic mass is 35.5. The molecule has 1 aliphatic carbocycles. The van der Waals surface area contributed by atoms with Gasteiger partial charge in [-0.1, -0.05) is 11.6 Å². The largest absolute Gasteiger partial charge is 0.489 e. The lowest BCUT2D eigenvalue weighted by Crippen LogP contribution is -2.43. The van der Waals surface area contributed by atoms with E-state index in [1.165, 1.54) is 12.8 Å². The molecule has 7 heteroatoms. The van der Waals surface area contributed by atoms with Crippen LogP contribution in [-0.2, 0) is 0 Å². The van der Waals surface area contributed by atoms with Gasteiger partial charge in [0.15, 0.2) is 0 Å². The highest BCUT2D eigenvalue weighted by Crippen LogP contribution is 2.32. The summed E-state index contributed by atoms with van der Waals surface area (Å²) in [6.45, 7) is 1.41. The van der Waals surface area contributed by atoms with E-state index in [9.17, 15) is 4.79 Å². The van der Waals surface area contributed by atoms with Gasteiger partial charge in [-0.2, -0.15) is 5.10 Å². The lowest BCUT2D eigenvalue weighted by molar-refractivity contribution is 0.175. The molecule has 1 saturated heterocycles. The van der Waals surface area contributed by atoms with Crippen molar-refractivity contribution < 1.29 is 9.53 Å². The Hall–Kier alpha value is -2.21. The van der Waals surface area contributed by atoms with Gasteiger partial charge in [-0.15, -0.1) is 0 Å². The number of rotatable bonds is 4. The molecule has 1 aliphatic heterocycles. The molecule has 4 rings (SSSR count). The van der Waals surface area contributed by atoms with Crippen molar-refractivity contribution in [3.05, 3.63) is 41.7 Å². The summed E-state index contributed by atoms with van der Waals surface area (Å²) in [5.74, 6) is 0.693. The van der Waals surface area contributed by atoms with Crippen LogP contribution in [0.4, 0.5) is 10.5 Å². The fourth-order valence-electron chi connectivity index (χ4n) is 3.91. The van der Waals surface area contributed by atoms with Gasteiger partial charge in [0.1, 0.15) is 5.75 Å². The third kappa shape index (κ3) is 4.38. The monoisotopic (exact) mass is 388 g/mol. The van der Waals surface area contributed by atoms with E-state index in [1.807, 2.05) is 34.0 Å². The topological polar surface area (TPSA) is 59.4 Å². The Bertz CT molecular complexity index is 774. The number of halogens is 1. The molecular weight excluding hydrogens is 364 g/mol. The van der Waals surface area contributed by atoms with E-state index in [1.54, 1.807) is 12.3 Å². The lowest BCUT2D eigenvalue weighted by Gasteiger charge is -2.32. The van der Waals surface area contributed by atoms with Gasteiger partial charge in [0, 0.05) is 31.2 Å². The van der Waals surface area contributed by atoms with Gasteiger partial charge in [-0.3, -0.25) is 4.68 Å². The van der Waals surface area contributed by atoms with E-state index in [0.29, 0.717) is 23.0 Å². The summed E-state index contributed by atoms with van der Waals surface area (Å²) in [6.07, 6.45) is 10.6. The van der Waals surface area contributed by atoms with Crippen LogP contribution < -0.4 is 10.1 Å². The van der Waals surface area contributed by atoms with Crippen molar-refractivity contribution >= 4 is 23.3 Å². The quantitative estimate of drug-likeness (QED) is 0.823. The SMILES string of the molecule is O=C(Nc1ccc(OC2CCCC2)c(Cl)c1)N1CCCC(n2cccn2)C1. The molecule has 27 heavy (non-hydrogen) atoms. The van der Waals surface area contributed by atoms with Gasteiger partial charge < -0.3 is 15.0 Å². The van der Waals surface area contributed by atoms with Crippen molar-refractivity contribution in [2.75, 3.05) is 18.4 Å². The zero-order chi connectivity index (χ0) is 18.6. The molecule has 2 aromatic rings. The van der Waals surface area contributed by atoms with Crippen LogP contribution in [0.25, 0.3) is 0 Å². The number of likely N-dealkylation sites (tertiary alicyclic amines) is 1. The highest BCUT2D eigenvalue weighted by Gasteiger charge is 2.25. The first-order valence-corrected chi connectivity index (χ1v) is 10.1. The molecule has 1 saturated carbocycles. The summed E-state index contributed by atoms with van der Waals surface area (Å²) >= 11 is 6.37. The number of nitrogens with zero attached hydrogens (tertiary/aromatic N) is 3. The van der Waals surface area contributed by atoms with Gasteiger partial charge >= 0.3 is 6.03 Å². The van der Waals surface area contributed by atoms with Crippen LogP contribution in [0.2, 0.25) is 5.02 Å². The van der Waals surface area contributed by atoms with Crippen LogP contribution in [-0.4, -0.2) is 39.9 Å². The maximum atomic E-state index is 12.7. The number of benzene rings is 1. The van der Waals surface area contributed by atoms with Crippen LogP contribution in [0.3, 0.4) is 0 Å². The maximum absolute atomic E-state index is 12.7. The molecule has 6 nitrogen and oxygen atoms in total. The van der Waals surface area contributed by atoms with E-state index >= 15 is 0 Å². The van der Waals surface area contributed by atoms with Gasteiger partial charge in [-0.25, -0.2) is 4.79 Å². The predicted molar refractivity (Wildman–Crippen MR) is 105 cm³/mol. The van der Waals surface area contributed by atoms with Gasteiger partial charge in [0.05, 0.1) is 17.2 Å². The molecule has 0 bridgehead atoms. The normalized spacial score (nSPS) is 20.6. The van der Waals surface area contributed by atoms with E-state index in [0.717, 1.165) is 32.2 Å². The highest BCUT2D eigenvalue weighted by molar-refractivity contribution is 6.32. The number of hydrogen-bond donors (Lipinski definition) is 1. The number of carbonyl (C=O) groups excluding carboxylic acids is 1. The summed E-state index contributed by atoms with van der Waals surface area (Å²) in [6, 6.07) is 7.49. The Kier molecular flexibility index (Phi) is 5.53. The lowest BCUT2D eigenvalue weighted by atomic mass is 10.1. The second-order valence-electron chi connectivity index (χ2n) is 7.33. The molecule has 1 aromatic carbocycles. The molecule has 2 heterocycles. The number of carbonyl (C=O) groups is 1. The zero-order valence-electron chi connectivity index (χ0n) is 15.3. The summed E-state index contributed by atoms with van der Waals surface area (Å²) in [5.41, 5.74) is 0.685. The minimum Gasteiger partial charge on any atom is -0.489 e. The summed E-state index contributed by atoms with van der Waals surface area (Å²) in [7, 11) is 0. The minimum absolute atomic E-state index is 0.104. The minimum atomic E-state index is -0.104. The number of amides is 2. The fourth-order valence-corrected chi connectivity index (χ4v) is 4.14. The van der Waals surface area contributed by atoms with Gasteiger partial charge in [-0.05, 0) is 62.8 Å².